The average molecular weight is 466 g/mol. The smallest absolute Gasteiger partial charge is 0.137 e. The number of benzene rings is 2. The lowest BCUT2D eigenvalue weighted by Gasteiger charge is -2.36. The van der Waals surface area contributed by atoms with Gasteiger partial charge in [-0.05, 0) is 24.6 Å². The van der Waals surface area contributed by atoms with Crippen molar-refractivity contribution in [2.75, 3.05) is 52.5 Å². The maximum atomic E-state index is 5.79. The van der Waals surface area contributed by atoms with Crippen molar-refractivity contribution in [3.63, 3.8) is 0 Å². The quantitative estimate of drug-likeness (QED) is 0.338. The molecule has 0 aromatic heterocycles. The number of hydrogen-bond acceptors (Lipinski definition) is 6. The highest BCUT2D eigenvalue weighted by atomic mass is 32.2. The number of para-hydroxylation sites is 1. The first kappa shape index (κ1) is 23.9. The van der Waals surface area contributed by atoms with Crippen LogP contribution in [0.1, 0.15) is 31.7 Å². The number of unbranched alkanes of at least 4 members (excludes halogenated alkanes) is 1. The van der Waals surface area contributed by atoms with Crippen LogP contribution in [0.25, 0.3) is 0 Å². The average Bonchev–Trinajstić information content (AvgIpc) is 3.02. The first-order valence-corrected chi connectivity index (χ1v) is 12.9. The molecule has 0 saturated carbocycles. The van der Waals surface area contributed by atoms with E-state index in [1.54, 1.807) is 0 Å². The Balaban J connectivity index is 1.25. The summed E-state index contributed by atoms with van der Waals surface area (Å²) in [4.78, 5) is 12.5. The predicted octanol–water partition coefficient (Wildman–Crippen LogP) is 5.58. The molecular formula is C27H35N3O2S. The molecule has 6 heteroatoms. The van der Waals surface area contributed by atoms with Gasteiger partial charge in [-0.2, -0.15) is 0 Å². The minimum absolute atomic E-state index is 0.592. The van der Waals surface area contributed by atoms with Gasteiger partial charge in [0.25, 0.3) is 0 Å². The lowest BCUT2D eigenvalue weighted by Crippen LogP contribution is -2.49. The second-order valence-electron chi connectivity index (χ2n) is 8.43. The van der Waals surface area contributed by atoms with Crippen LogP contribution >= 0.6 is 11.8 Å². The van der Waals surface area contributed by atoms with E-state index in [0.717, 1.165) is 75.9 Å². The van der Waals surface area contributed by atoms with Crippen molar-refractivity contribution >= 4 is 23.3 Å². The van der Waals surface area contributed by atoms with E-state index in [1.165, 1.54) is 15.4 Å². The lowest BCUT2D eigenvalue weighted by molar-refractivity contribution is 0.0534. The highest BCUT2D eigenvalue weighted by molar-refractivity contribution is 7.99. The molecule has 0 aliphatic carbocycles. The van der Waals surface area contributed by atoms with E-state index in [2.05, 4.69) is 71.8 Å². The van der Waals surface area contributed by atoms with Crippen LogP contribution in [0.2, 0.25) is 0 Å². The summed E-state index contributed by atoms with van der Waals surface area (Å²) in [6.07, 6.45) is 3.24. The lowest BCUT2D eigenvalue weighted by atomic mass is 10.1. The fraction of sp³-hybridized carbons (Fsp3) is 0.444. The van der Waals surface area contributed by atoms with Gasteiger partial charge in [0.2, 0.25) is 0 Å². The first-order chi connectivity index (χ1) is 16.2. The molecule has 2 aliphatic rings. The summed E-state index contributed by atoms with van der Waals surface area (Å²) in [5, 5.41) is 0. The Morgan fingerprint density at radius 3 is 2.55 bits per heavy atom. The topological polar surface area (TPSA) is 37.3 Å². The van der Waals surface area contributed by atoms with E-state index in [9.17, 15) is 0 Å². The zero-order chi connectivity index (χ0) is 22.9. The maximum absolute atomic E-state index is 5.79. The van der Waals surface area contributed by atoms with Crippen molar-refractivity contribution in [1.29, 1.82) is 0 Å². The molecule has 0 spiro atoms. The van der Waals surface area contributed by atoms with Crippen LogP contribution in [0.5, 0.6) is 0 Å². The Kier molecular flexibility index (Phi) is 8.86. The van der Waals surface area contributed by atoms with Gasteiger partial charge >= 0.3 is 0 Å². The highest BCUT2D eigenvalue weighted by Crippen LogP contribution is 2.40. The maximum Gasteiger partial charge on any atom is 0.137 e. The molecule has 5 nitrogen and oxygen atoms in total. The van der Waals surface area contributed by atoms with Gasteiger partial charge in [-0.25, -0.2) is 4.99 Å². The minimum atomic E-state index is 0.592. The van der Waals surface area contributed by atoms with Crippen LogP contribution in [-0.2, 0) is 9.47 Å². The van der Waals surface area contributed by atoms with Gasteiger partial charge in [0.15, 0.2) is 0 Å². The van der Waals surface area contributed by atoms with Crippen LogP contribution in [0.3, 0.4) is 0 Å². The second kappa shape index (κ2) is 12.3. The van der Waals surface area contributed by atoms with Crippen LogP contribution in [0.15, 0.2) is 75.7 Å². The molecule has 0 bridgehead atoms. The molecule has 0 unspecified atom stereocenters. The van der Waals surface area contributed by atoms with E-state index in [0.29, 0.717) is 13.2 Å². The van der Waals surface area contributed by atoms with Crippen molar-refractivity contribution < 1.29 is 9.47 Å². The third kappa shape index (κ3) is 6.62. The highest BCUT2D eigenvalue weighted by Gasteiger charge is 2.25. The Labute approximate surface area is 202 Å². The number of rotatable bonds is 10. The minimum Gasteiger partial charge on any atom is -0.496 e. The number of fused-ring (bicyclic) bond motifs is 2. The fourth-order valence-electron chi connectivity index (χ4n) is 4.08. The largest absolute Gasteiger partial charge is 0.496 e. The van der Waals surface area contributed by atoms with Crippen LogP contribution in [0, 0.1) is 0 Å². The molecule has 0 radical (unpaired) electrons. The number of ether oxygens (including phenoxy) is 2. The summed E-state index contributed by atoms with van der Waals surface area (Å²) in [6, 6.07) is 17.1. The molecule has 2 aromatic rings. The van der Waals surface area contributed by atoms with Gasteiger partial charge in [-0.1, -0.05) is 62.0 Å². The summed E-state index contributed by atoms with van der Waals surface area (Å²) in [5.41, 5.74) is 2.29. The molecule has 1 saturated heterocycles. The van der Waals surface area contributed by atoms with Gasteiger partial charge in [-0.3, -0.25) is 4.90 Å². The molecule has 1 fully saturated rings. The zero-order valence-electron chi connectivity index (χ0n) is 19.7. The summed E-state index contributed by atoms with van der Waals surface area (Å²) >= 11 is 1.81. The summed E-state index contributed by atoms with van der Waals surface area (Å²) in [5.74, 6) is 1.97. The Bertz CT molecular complexity index is 954. The van der Waals surface area contributed by atoms with Gasteiger partial charge in [0.05, 0.1) is 24.7 Å². The SMILES string of the molecule is C=C(CCCC)OCCOCCN1CCN(C2=Nc3ccccc3Sc3ccccc32)CC1. The van der Waals surface area contributed by atoms with Gasteiger partial charge in [-0.15, -0.1) is 0 Å². The Morgan fingerprint density at radius 2 is 1.73 bits per heavy atom. The third-order valence-corrected chi connectivity index (χ3v) is 7.15. The first-order valence-electron chi connectivity index (χ1n) is 12.0. The number of aliphatic imine (C=N–C) groups is 1. The van der Waals surface area contributed by atoms with Crippen molar-refractivity contribution in [3.05, 3.63) is 66.4 Å². The molecule has 33 heavy (non-hydrogen) atoms. The number of hydrogen-bond donors (Lipinski definition) is 0. The van der Waals surface area contributed by atoms with Crippen molar-refractivity contribution in [1.82, 2.24) is 9.80 Å². The molecule has 176 valence electrons. The Morgan fingerprint density at radius 1 is 0.970 bits per heavy atom. The number of allylic oxidation sites excluding steroid dienone is 1. The van der Waals surface area contributed by atoms with Crippen LogP contribution < -0.4 is 0 Å². The van der Waals surface area contributed by atoms with E-state index >= 15 is 0 Å². The standard InChI is InChI=1S/C27H35N3O2S/c1-3-4-9-22(2)32-21-20-31-19-18-29-14-16-30(17-15-29)27-23-10-5-7-12-25(23)33-26-13-8-6-11-24(26)28-27/h5-8,10-13H,2-4,9,14-21H2,1H3. The van der Waals surface area contributed by atoms with E-state index in [1.807, 2.05) is 11.8 Å². The van der Waals surface area contributed by atoms with Gasteiger partial charge in [0.1, 0.15) is 12.4 Å². The summed E-state index contributed by atoms with van der Waals surface area (Å²) < 4.78 is 11.4. The predicted molar refractivity (Wildman–Crippen MR) is 137 cm³/mol. The second-order valence-corrected chi connectivity index (χ2v) is 9.52. The summed E-state index contributed by atoms with van der Waals surface area (Å²) in [6.45, 7) is 13.0. The Hall–Kier alpha value is -2.28. The number of piperazine rings is 1. The normalized spacial score (nSPS) is 15.9. The van der Waals surface area contributed by atoms with Crippen molar-refractivity contribution in [2.24, 2.45) is 4.99 Å². The molecule has 2 aromatic carbocycles. The van der Waals surface area contributed by atoms with Crippen LogP contribution in [0.4, 0.5) is 5.69 Å². The third-order valence-electron chi connectivity index (χ3n) is 6.01. The van der Waals surface area contributed by atoms with Crippen molar-refractivity contribution in [3.8, 4) is 0 Å². The van der Waals surface area contributed by atoms with Gasteiger partial charge in [0, 0.05) is 54.5 Å². The van der Waals surface area contributed by atoms with Crippen molar-refractivity contribution in [2.45, 2.75) is 36.0 Å². The van der Waals surface area contributed by atoms with Gasteiger partial charge < -0.3 is 14.4 Å². The van der Waals surface area contributed by atoms with Crippen LogP contribution in [-0.4, -0.2) is 68.2 Å². The van der Waals surface area contributed by atoms with E-state index in [4.69, 9.17) is 14.5 Å². The molecule has 0 atom stereocenters. The monoisotopic (exact) mass is 465 g/mol. The summed E-state index contributed by atoms with van der Waals surface area (Å²) in [7, 11) is 0. The van der Waals surface area contributed by atoms with E-state index in [-0.39, 0.29) is 0 Å². The molecule has 0 amide bonds. The molecule has 4 rings (SSSR count). The molecule has 2 heterocycles. The zero-order valence-corrected chi connectivity index (χ0v) is 20.5. The van der Waals surface area contributed by atoms with E-state index < -0.39 is 0 Å². The number of nitrogens with zero attached hydrogens (tertiary/aromatic N) is 3. The molecule has 2 aliphatic heterocycles. The number of amidine groups is 1. The molecular weight excluding hydrogens is 430 g/mol. The molecule has 0 N–H and O–H groups in total. The fourth-order valence-corrected chi connectivity index (χ4v) is 5.10.